The van der Waals surface area contributed by atoms with Gasteiger partial charge in [-0.05, 0) is 19.3 Å². The Bertz CT molecular complexity index is 87.1. The second-order valence-electron chi connectivity index (χ2n) is 2.69. The van der Waals surface area contributed by atoms with E-state index < -0.39 is 12.2 Å². The van der Waals surface area contributed by atoms with Gasteiger partial charge >= 0.3 is 0 Å². The van der Waals surface area contributed by atoms with Crippen molar-refractivity contribution in [3.63, 3.8) is 0 Å². The Labute approximate surface area is 54.4 Å². The molecule has 0 spiro atoms. The highest BCUT2D eigenvalue weighted by atomic mass is 19.1. The summed E-state index contributed by atoms with van der Waals surface area (Å²) < 4.78 is 12.6. The first-order valence-corrected chi connectivity index (χ1v) is 3.37. The van der Waals surface area contributed by atoms with Gasteiger partial charge in [0.2, 0.25) is 0 Å². The quantitative estimate of drug-likeness (QED) is 0.493. The van der Waals surface area contributed by atoms with Crippen LogP contribution in [0.25, 0.3) is 0 Å². The van der Waals surface area contributed by atoms with Crippen LogP contribution < -0.4 is 11.5 Å². The minimum Gasteiger partial charge on any atom is -0.326 e. The Morgan fingerprint density at radius 3 is 2.33 bits per heavy atom. The molecule has 2 nitrogen and oxygen atoms in total. The van der Waals surface area contributed by atoms with Crippen LogP contribution in [0.4, 0.5) is 4.39 Å². The van der Waals surface area contributed by atoms with Gasteiger partial charge in [0.15, 0.2) is 0 Å². The molecule has 3 atom stereocenters. The van der Waals surface area contributed by atoms with Crippen molar-refractivity contribution in [1.82, 2.24) is 0 Å². The zero-order valence-electron chi connectivity index (χ0n) is 5.39. The fourth-order valence-electron chi connectivity index (χ4n) is 1.20. The minimum absolute atomic E-state index is 0.117. The second-order valence-corrected chi connectivity index (χ2v) is 2.69. The van der Waals surface area contributed by atoms with Crippen molar-refractivity contribution in [1.29, 1.82) is 0 Å². The average Bonchev–Trinajstić information content (AvgIpc) is 1.83. The van der Waals surface area contributed by atoms with E-state index in [-0.39, 0.29) is 6.04 Å². The monoisotopic (exact) mass is 132 g/mol. The van der Waals surface area contributed by atoms with Crippen molar-refractivity contribution < 1.29 is 4.39 Å². The van der Waals surface area contributed by atoms with Crippen LogP contribution in [0.15, 0.2) is 0 Å². The maximum Gasteiger partial charge on any atom is 0.117 e. The molecule has 1 rings (SSSR count). The lowest BCUT2D eigenvalue weighted by atomic mass is 9.90. The number of hydrogen-bond acceptors (Lipinski definition) is 2. The lowest BCUT2D eigenvalue weighted by molar-refractivity contribution is 0.198. The van der Waals surface area contributed by atoms with Gasteiger partial charge in [0.1, 0.15) is 6.17 Å². The average molecular weight is 132 g/mol. The summed E-state index contributed by atoms with van der Waals surface area (Å²) in [5.74, 6) is 0. The molecule has 3 heteroatoms. The standard InChI is InChI=1S/C6H13FN2/c7-4-2-1-3-5(8)6(4)9/h4-6H,1-3,8-9H2/t4-,5+,6-/m1/s1. The third-order valence-electron chi connectivity index (χ3n) is 1.93. The van der Waals surface area contributed by atoms with Crippen molar-refractivity contribution in [2.75, 3.05) is 0 Å². The summed E-state index contributed by atoms with van der Waals surface area (Å²) in [5, 5.41) is 0. The highest BCUT2D eigenvalue weighted by Crippen LogP contribution is 2.18. The summed E-state index contributed by atoms with van der Waals surface area (Å²) in [7, 11) is 0. The molecule has 1 fully saturated rings. The third-order valence-corrected chi connectivity index (χ3v) is 1.93. The molecular formula is C6H13FN2. The summed E-state index contributed by atoms with van der Waals surface area (Å²) in [6.07, 6.45) is 1.49. The largest absolute Gasteiger partial charge is 0.326 e. The lowest BCUT2D eigenvalue weighted by Crippen LogP contribution is -2.50. The molecule has 0 heterocycles. The Kier molecular flexibility index (Phi) is 2.03. The first-order chi connectivity index (χ1) is 4.22. The number of hydrogen-bond donors (Lipinski definition) is 2. The van der Waals surface area contributed by atoms with Gasteiger partial charge in [0, 0.05) is 6.04 Å². The maximum absolute atomic E-state index is 12.6. The maximum atomic E-state index is 12.6. The first-order valence-electron chi connectivity index (χ1n) is 3.37. The fourth-order valence-corrected chi connectivity index (χ4v) is 1.20. The van der Waals surface area contributed by atoms with Gasteiger partial charge in [-0.15, -0.1) is 0 Å². The third kappa shape index (κ3) is 1.40. The molecule has 1 aliphatic carbocycles. The van der Waals surface area contributed by atoms with Gasteiger partial charge in [-0.25, -0.2) is 4.39 Å². The molecule has 0 bridgehead atoms. The minimum atomic E-state index is -0.867. The van der Waals surface area contributed by atoms with Crippen molar-refractivity contribution in [2.45, 2.75) is 37.5 Å². The van der Waals surface area contributed by atoms with Gasteiger partial charge in [-0.1, -0.05) is 0 Å². The molecule has 0 aromatic carbocycles. The molecule has 54 valence electrons. The van der Waals surface area contributed by atoms with Crippen LogP contribution in [0.5, 0.6) is 0 Å². The molecule has 1 saturated carbocycles. The van der Waals surface area contributed by atoms with E-state index in [2.05, 4.69) is 0 Å². The SMILES string of the molecule is N[C@@H]1[C@H](F)CCC[C@@H]1N. The van der Waals surface area contributed by atoms with E-state index in [1.807, 2.05) is 0 Å². The highest BCUT2D eigenvalue weighted by Gasteiger charge is 2.27. The predicted octanol–water partition coefficient (Wildman–Crippen LogP) is 0.163. The van der Waals surface area contributed by atoms with Gasteiger partial charge in [-0.2, -0.15) is 0 Å². The Hall–Kier alpha value is -0.150. The molecule has 0 aliphatic heterocycles. The van der Waals surface area contributed by atoms with E-state index in [1.165, 1.54) is 0 Å². The van der Waals surface area contributed by atoms with Crippen LogP contribution in [-0.2, 0) is 0 Å². The first kappa shape index (κ1) is 6.96. The molecule has 9 heavy (non-hydrogen) atoms. The highest BCUT2D eigenvalue weighted by molar-refractivity contribution is 4.87. The number of alkyl halides is 1. The molecule has 4 N–H and O–H groups in total. The number of halogens is 1. The van der Waals surface area contributed by atoms with Crippen molar-refractivity contribution >= 4 is 0 Å². The van der Waals surface area contributed by atoms with E-state index in [0.717, 1.165) is 12.8 Å². The predicted molar refractivity (Wildman–Crippen MR) is 34.7 cm³/mol. The van der Waals surface area contributed by atoms with Crippen LogP contribution in [0.1, 0.15) is 19.3 Å². The fraction of sp³-hybridized carbons (Fsp3) is 1.00. The summed E-state index contributed by atoms with van der Waals surface area (Å²) in [6.45, 7) is 0. The summed E-state index contributed by atoms with van der Waals surface area (Å²) >= 11 is 0. The molecule has 1 aliphatic rings. The number of nitrogens with two attached hydrogens (primary N) is 2. The van der Waals surface area contributed by atoms with E-state index >= 15 is 0 Å². The zero-order chi connectivity index (χ0) is 6.85. The molecule has 0 unspecified atom stereocenters. The molecule has 0 aromatic heterocycles. The van der Waals surface area contributed by atoms with Crippen molar-refractivity contribution in [3.05, 3.63) is 0 Å². The van der Waals surface area contributed by atoms with E-state index in [1.54, 1.807) is 0 Å². The molecule has 0 amide bonds. The molecule has 0 aromatic rings. The van der Waals surface area contributed by atoms with E-state index in [9.17, 15) is 4.39 Å². The molecule has 0 radical (unpaired) electrons. The van der Waals surface area contributed by atoms with Gasteiger partial charge in [0.25, 0.3) is 0 Å². The van der Waals surface area contributed by atoms with Crippen LogP contribution in [0.2, 0.25) is 0 Å². The van der Waals surface area contributed by atoms with Gasteiger partial charge < -0.3 is 11.5 Å². The van der Waals surface area contributed by atoms with Gasteiger partial charge in [-0.3, -0.25) is 0 Å². The Morgan fingerprint density at radius 1 is 1.22 bits per heavy atom. The Balaban J connectivity index is 2.41. The summed E-state index contributed by atoms with van der Waals surface area (Å²) in [5.41, 5.74) is 10.9. The van der Waals surface area contributed by atoms with Crippen LogP contribution in [-0.4, -0.2) is 18.3 Å². The normalized spacial score (nSPS) is 45.0. The Morgan fingerprint density at radius 2 is 1.89 bits per heavy atom. The lowest BCUT2D eigenvalue weighted by Gasteiger charge is -2.28. The van der Waals surface area contributed by atoms with Crippen LogP contribution in [0.3, 0.4) is 0 Å². The topological polar surface area (TPSA) is 52.0 Å². The second kappa shape index (κ2) is 2.62. The van der Waals surface area contributed by atoms with Crippen LogP contribution in [0, 0.1) is 0 Å². The van der Waals surface area contributed by atoms with E-state index in [0.29, 0.717) is 6.42 Å². The smallest absolute Gasteiger partial charge is 0.117 e. The molecule has 0 saturated heterocycles. The van der Waals surface area contributed by atoms with Crippen molar-refractivity contribution in [3.8, 4) is 0 Å². The summed E-state index contributed by atoms with van der Waals surface area (Å²) in [4.78, 5) is 0. The van der Waals surface area contributed by atoms with Crippen molar-refractivity contribution in [2.24, 2.45) is 11.5 Å². The number of rotatable bonds is 0. The van der Waals surface area contributed by atoms with Crippen LogP contribution >= 0.6 is 0 Å². The zero-order valence-corrected chi connectivity index (χ0v) is 5.39. The molecular weight excluding hydrogens is 119 g/mol. The summed E-state index contributed by atoms with van der Waals surface area (Å²) in [6, 6.07) is -0.535. The van der Waals surface area contributed by atoms with Gasteiger partial charge in [0.05, 0.1) is 6.04 Å². The van der Waals surface area contributed by atoms with E-state index in [4.69, 9.17) is 11.5 Å².